The van der Waals surface area contributed by atoms with Crippen LogP contribution in [0.5, 0.6) is 0 Å². The molecule has 2 rings (SSSR count). The topological polar surface area (TPSA) is 111 Å². The number of rotatable bonds is 7. The standard InChI is InChI=1S/C14H17N3O5S/c1-2-22-13(19)12-5-3-11(4-6-12)9-17-10-15-14(16-17)23(20,21)8-7-18/h3-6,10,18H,2,7-9H2,1H3. The predicted molar refractivity (Wildman–Crippen MR) is 80.7 cm³/mol. The van der Waals surface area contributed by atoms with Crippen LogP contribution in [0, 0.1) is 0 Å². The molecule has 0 radical (unpaired) electrons. The highest BCUT2D eigenvalue weighted by Gasteiger charge is 2.19. The maximum Gasteiger partial charge on any atom is 0.338 e. The summed E-state index contributed by atoms with van der Waals surface area (Å²) in [6, 6.07) is 6.73. The molecule has 1 heterocycles. The number of carbonyl (C=O) groups is 1. The number of esters is 1. The van der Waals surface area contributed by atoms with E-state index in [2.05, 4.69) is 10.1 Å². The molecule has 0 aliphatic carbocycles. The number of nitrogens with zero attached hydrogens (tertiary/aromatic N) is 3. The van der Waals surface area contributed by atoms with E-state index in [1.54, 1.807) is 31.2 Å². The Labute approximate surface area is 133 Å². The van der Waals surface area contributed by atoms with Gasteiger partial charge in [-0.25, -0.2) is 22.9 Å². The van der Waals surface area contributed by atoms with Gasteiger partial charge in [-0.2, -0.15) is 0 Å². The van der Waals surface area contributed by atoms with Crippen LogP contribution in [0.25, 0.3) is 0 Å². The first-order chi connectivity index (χ1) is 11.0. The van der Waals surface area contributed by atoms with Gasteiger partial charge in [0, 0.05) is 0 Å². The molecule has 1 aromatic heterocycles. The van der Waals surface area contributed by atoms with Gasteiger partial charge >= 0.3 is 5.97 Å². The first-order valence-corrected chi connectivity index (χ1v) is 8.60. The van der Waals surface area contributed by atoms with E-state index >= 15 is 0 Å². The lowest BCUT2D eigenvalue weighted by Crippen LogP contribution is -2.12. The molecule has 0 fully saturated rings. The minimum absolute atomic E-state index is 0.310. The number of hydrogen-bond acceptors (Lipinski definition) is 7. The lowest BCUT2D eigenvalue weighted by molar-refractivity contribution is 0.0526. The molecule has 0 bridgehead atoms. The summed E-state index contributed by atoms with van der Waals surface area (Å²) >= 11 is 0. The molecule has 124 valence electrons. The molecule has 2 aromatic rings. The maximum absolute atomic E-state index is 11.7. The Morgan fingerprint density at radius 2 is 2.00 bits per heavy atom. The van der Waals surface area contributed by atoms with Crippen molar-refractivity contribution in [3.05, 3.63) is 41.7 Å². The minimum Gasteiger partial charge on any atom is -0.462 e. The van der Waals surface area contributed by atoms with Gasteiger partial charge in [0.05, 0.1) is 31.1 Å². The van der Waals surface area contributed by atoms with Gasteiger partial charge in [0.15, 0.2) is 0 Å². The number of ether oxygens (including phenoxy) is 1. The molecule has 1 aromatic carbocycles. The van der Waals surface area contributed by atoms with Crippen LogP contribution in [0.1, 0.15) is 22.8 Å². The minimum atomic E-state index is -3.66. The molecule has 0 amide bonds. The Balaban J connectivity index is 2.08. The lowest BCUT2D eigenvalue weighted by Gasteiger charge is -2.04. The van der Waals surface area contributed by atoms with E-state index in [-0.39, 0.29) is 5.16 Å². The van der Waals surface area contributed by atoms with Crippen molar-refractivity contribution in [1.29, 1.82) is 0 Å². The van der Waals surface area contributed by atoms with E-state index in [0.717, 1.165) is 5.56 Å². The Hall–Kier alpha value is -2.26. The van der Waals surface area contributed by atoms with Crippen LogP contribution < -0.4 is 0 Å². The van der Waals surface area contributed by atoms with Crippen molar-refractivity contribution in [3.8, 4) is 0 Å². The summed E-state index contributed by atoms with van der Waals surface area (Å²) in [5, 5.41) is 12.3. The smallest absolute Gasteiger partial charge is 0.338 e. The first kappa shape index (κ1) is 17.1. The second-order valence-corrected chi connectivity index (χ2v) is 6.69. The summed E-state index contributed by atoms with van der Waals surface area (Å²) < 4.78 is 29.7. The second kappa shape index (κ2) is 7.34. The lowest BCUT2D eigenvalue weighted by atomic mass is 10.1. The number of aromatic nitrogens is 3. The molecule has 0 aliphatic heterocycles. The van der Waals surface area contributed by atoms with Crippen LogP contribution in [0.2, 0.25) is 0 Å². The zero-order valence-corrected chi connectivity index (χ0v) is 13.4. The number of benzene rings is 1. The monoisotopic (exact) mass is 339 g/mol. The van der Waals surface area contributed by atoms with Gasteiger partial charge in [0.2, 0.25) is 9.84 Å². The van der Waals surface area contributed by atoms with E-state index in [0.29, 0.717) is 18.7 Å². The van der Waals surface area contributed by atoms with Crippen LogP contribution in [0.15, 0.2) is 35.7 Å². The molecule has 1 N–H and O–H groups in total. The fraction of sp³-hybridized carbons (Fsp3) is 0.357. The number of carbonyl (C=O) groups excluding carboxylic acids is 1. The van der Waals surface area contributed by atoms with Gasteiger partial charge in [-0.05, 0) is 24.6 Å². The third-order valence-corrected chi connectivity index (χ3v) is 4.43. The van der Waals surface area contributed by atoms with E-state index in [4.69, 9.17) is 9.84 Å². The largest absolute Gasteiger partial charge is 0.462 e. The number of aliphatic hydroxyl groups is 1. The van der Waals surface area contributed by atoms with Crippen molar-refractivity contribution in [1.82, 2.24) is 14.8 Å². The van der Waals surface area contributed by atoms with Crippen LogP contribution in [-0.2, 0) is 21.1 Å². The van der Waals surface area contributed by atoms with Crippen molar-refractivity contribution >= 4 is 15.8 Å². The molecule has 0 atom stereocenters. The fourth-order valence-corrected chi connectivity index (χ4v) is 2.72. The summed E-state index contributed by atoms with van der Waals surface area (Å²) in [5.41, 5.74) is 1.27. The van der Waals surface area contributed by atoms with Gasteiger partial charge in [-0.15, -0.1) is 5.10 Å². The van der Waals surface area contributed by atoms with Crippen molar-refractivity contribution < 1.29 is 23.1 Å². The summed E-state index contributed by atoms with van der Waals surface area (Å²) in [4.78, 5) is 15.3. The number of sulfone groups is 1. The van der Waals surface area contributed by atoms with Crippen LogP contribution in [-0.4, -0.2) is 53.2 Å². The van der Waals surface area contributed by atoms with Crippen LogP contribution in [0.3, 0.4) is 0 Å². The zero-order chi connectivity index (χ0) is 16.9. The van der Waals surface area contributed by atoms with Crippen molar-refractivity contribution in [2.75, 3.05) is 19.0 Å². The molecular weight excluding hydrogens is 322 g/mol. The SMILES string of the molecule is CCOC(=O)c1ccc(Cn2cnc(S(=O)(=O)CCO)n2)cc1. The van der Waals surface area contributed by atoms with Crippen LogP contribution >= 0.6 is 0 Å². The molecule has 0 saturated carbocycles. The van der Waals surface area contributed by atoms with Gasteiger partial charge in [0.25, 0.3) is 5.16 Å². The van der Waals surface area contributed by atoms with Gasteiger partial charge in [0.1, 0.15) is 6.33 Å². The molecular formula is C14H17N3O5S. The van der Waals surface area contributed by atoms with Crippen molar-refractivity contribution in [2.45, 2.75) is 18.6 Å². The van der Waals surface area contributed by atoms with Crippen LogP contribution in [0.4, 0.5) is 0 Å². The average Bonchev–Trinajstić information content (AvgIpc) is 2.97. The summed E-state index contributed by atoms with van der Waals surface area (Å²) in [6.07, 6.45) is 1.31. The van der Waals surface area contributed by atoms with Gasteiger partial charge in [-0.3, -0.25) is 0 Å². The highest BCUT2D eigenvalue weighted by Crippen LogP contribution is 2.09. The van der Waals surface area contributed by atoms with E-state index in [1.807, 2.05) is 0 Å². The Morgan fingerprint density at radius 3 is 2.61 bits per heavy atom. The molecule has 23 heavy (non-hydrogen) atoms. The second-order valence-electron chi connectivity index (χ2n) is 4.68. The number of aliphatic hydroxyl groups excluding tert-OH is 1. The van der Waals surface area contributed by atoms with Gasteiger partial charge < -0.3 is 9.84 Å². The van der Waals surface area contributed by atoms with Crippen molar-refractivity contribution in [3.63, 3.8) is 0 Å². The Morgan fingerprint density at radius 1 is 1.30 bits per heavy atom. The first-order valence-electron chi connectivity index (χ1n) is 6.95. The van der Waals surface area contributed by atoms with E-state index < -0.39 is 28.2 Å². The molecule has 8 nitrogen and oxygen atoms in total. The third-order valence-electron chi connectivity index (χ3n) is 2.96. The maximum atomic E-state index is 11.7. The summed E-state index contributed by atoms with van der Waals surface area (Å²) in [6.45, 7) is 1.88. The molecule has 0 saturated heterocycles. The fourth-order valence-electron chi connectivity index (χ4n) is 1.86. The molecule has 9 heteroatoms. The third kappa shape index (κ3) is 4.36. The highest BCUT2D eigenvalue weighted by atomic mass is 32.2. The predicted octanol–water partition coefficient (Wildman–Crippen LogP) is 0.269. The van der Waals surface area contributed by atoms with E-state index in [9.17, 15) is 13.2 Å². The molecule has 0 spiro atoms. The number of hydrogen-bond donors (Lipinski definition) is 1. The highest BCUT2D eigenvalue weighted by molar-refractivity contribution is 7.91. The summed E-state index contributed by atoms with van der Waals surface area (Å²) in [7, 11) is -3.66. The zero-order valence-electron chi connectivity index (χ0n) is 12.5. The quantitative estimate of drug-likeness (QED) is 0.721. The van der Waals surface area contributed by atoms with Crippen molar-refractivity contribution in [2.24, 2.45) is 0 Å². The average molecular weight is 339 g/mol. The van der Waals surface area contributed by atoms with Gasteiger partial charge in [-0.1, -0.05) is 12.1 Å². The summed E-state index contributed by atoms with van der Waals surface area (Å²) in [5.74, 6) is -0.803. The van der Waals surface area contributed by atoms with E-state index in [1.165, 1.54) is 11.0 Å². The molecule has 0 unspecified atom stereocenters. The Kier molecular flexibility index (Phi) is 5.45. The normalized spacial score (nSPS) is 11.4. The Bertz CT molecular complexity index is 768. The molecule has 0 aliphatic rings.